The first kappa shape index (κ1) is 14.7. The molecule has 3 rings (SSSR count). The van der Waals surface area contributed by atoms with Crippen LogP contribution in [-0.4, -0.2) is 20.2 Å². The molecule has 1 aromatic heterocycles. The van der Waals surface area contributed by atoms with E-state index < -0.39 is 0 Å². The van der Waals surface area contributed by atoms with Crippen molar-refractivity contribution >= 4 is 0 Å². The first-order chi connectivity index (χ1) is 10.6. The number of hydrogen-bond donors (Lipinski definition) is 0. The molecule has 1 unspecified atom stereocenters. The van der Waals surface area contributed by atoms with Crippen LogP contribution >= 0.6 is 0 Å². The Morgan fingerprint density at radius 2 is 2.00 bits per heavy atom. The summed E-state index contributed by atoms with van der Waals surface area (Å²) in [6.07, 6.45) is 8.53. The summed E-state index contributed by atoms with van der Waals surface area (Å²) in [7, 11) is 0. The average Bonchev–Trinajstić information content (AvgIpc) is 3.00. The molecule has 0 spiro atoms. The van der Waals surface area contributed by atoms with E-state index in [-0.39, 0.29) is 5.54 Å². The molecular weight excluding hydrogens is 272 g/mol. The van der Waals surface area contributed by atoms with Crippen LogP contribution in [0.3, 0.4) is 0 Å². The summed E-state index contributed by atoms with van der Waals surface area (Å²) >= 11 is 0. The van der Waals surface area contributed by atoms with Crippen LogP contribution in [0, 0.1) is 5.92 Å². The van der Waals surface area contributed by atoms with Crippen LogP contribution in [0.25, 0.3) is 0 Å². The van der Waals surface area contributed by atoms with Crippen molar-refractivity contribution < 1.29 is 0 Å². The van der Waals surface area contributed by atoms with Crippen LogP contribution in [-0.2, 0) is 12.0 Å². The topological polar surface area (TPSA) is 43.6 Å². The Labute approximate surface area is 131 Å². The molecule has 0 bridgehead atoms. The summed E-state index contributed by atoms with van der Waals surface area (Å²) in [6, 6.07) is 10.3. The highest BCUT2D eigenvalue weighted by Gasteiger charge is 2.25. The van der Waals surface area contributed by atoms with Gasteiger partial charge >= 0.3 is 0 Å². The normalized spacial score (nSPS) is 18.3. The Morgan fingerprint density at radius 1 is 1.23 bits per heavy atom. The first-order valence-electron chi connectivity index (χ1n) is 7.78. The van der Waals surface area contributed by atoms with Gasteiger partial charge in [0, 0.05) is 6.42 Å². The number of rotatable bonds is 4. The first-order valence-corrected chi connectivity index (χ1v) is 7.78. The highest BCUT2D eigenvalue weighted by Crippen LogP contribution is 2.23. The molecule has 0 saturated carbocycles. The fourth-order valence-electron chi connectivity index (χ4n) is 2.60. The van der Waals surface area contributed by atoms with E-state index in [9.17, 15) is 0 Å². The molecular formula is C18H22N4. The Bertz CT molecular complexity index is 695. The van der Waals surface area contributed by atoms with Crippen molar-refractivity contribution in [3.8, 4) is 0 Å². The molecule has 1 aromatic carbocycles. The predicted octanol–water partition coefficient (Wildman–Crippen LogP) is 3.52. The molecule has 114 valence electrons. The fraction of sp³-hybridized carbons (Fsp3) is 0.389. The van der Waals surface area contributed by atoms with Gasteiger partial charge in [-0.25, -0.2) is 0 Å². The van der Waals surface area contributed by atoms with Gasteiger partial charge in [0.05, 0.1) is 0 Å². The number of benzene rings is 1. The minimum absolute atomic E-state index is 0.308. The maximum absolute atomic E-state index is 4.59. The van der Waals surface area contributed by atoms with Crippen LogP contribution in [0.15, 0.2) is 54.1 Å². The summed E-state index contributed by atoms with van der Waals surface area (Å²) < 4.78 is 0. The molecule has 0 N–H and O–H groups in total. The summed E-state index contributed by atoms with van der Waals surface area (Å²) in [6.45, 7) is 6.44. The third kappa shape index (κ3) is 3.01. The largest absolute Gasteiger partial charge is 0.179 e. The lowest BCUT2D eigenvalue weighted by Crippen LogP contribution is -2.30. The van der Waals surface area contributed by atoms with Gasteiger partial charge < -0.3 is 0 Å². The van der Waals surface area contributed by atoms with E-state index in [1.807, 2.05) is 18.2 Å². The minimum Gasteiger partial charge on any atom is -0.154 e. The molecule has 0 amide bonds. The second kappa shape index (κ2) is 5.87. The van der Waals surface area contributed by atoms with Crippen molar-refractivity contribution in [2.75, 3.05) is 0 Å². The van der Waals surface area contributed by atoms with Gasteiger partial charge in [-0.3, -0.25) is 0 Å². The van der Waals surface area contributed by atoms with Crippen molar-refractivity contribution in [1.82, 2.24) is 20.2 Å². The zero-order valence-corrected chi connectivity index (χ0v) is 13.4. The maximum Gasteiger partial charge on any atom is 0.179 e. The molecule has 1 aliphatic carbocycles. The number of hydrogen-bond acceptors (Lipinski definition) is 3. The summed E-state index contributed by atoms with van der Waals surface area (Å²) in [5.74, 6) is 1.40. The molecule has 22 heavy (non-hydrogen) atoms. The third-order valence-electron chi connectivity index (χ3n) is 4.19. The van der Waals surface area contributed by atoms with Gasteiger partial charge in [0.2, 0.25) is 0 Å². The van der Waals surface area contributed by atoms with Crippen molar-refractivity contribution in [2.24, 2.45) is 5.92 Å². The Balaban J connectivity index is 1.78. The van der Waals surface area contributed by atoms with E-state index in [1.54, 1.807) is 4.80 Å². The average molecular weight is 294 g/mol. The molecule has 0 saturated heterocycles. The predicted molar refractivity (Wildman–Crippen MR) is 87.4 cm³/mol. The van der Waals surface area contributed by atoms with Gasteiger partial charge in [0.15, 0.2) is 5.82 Å². The van der Waals surface area contributed by atoms with E-state index in [1.165, 1.54) is 11.1 Å². The molecule has 1 heterocycles. The van der Waals surface area contributed by atoms with Crippen molar-refractivity contribution in [1.29, 1.82) is 0 Å². The summed E-state index contributed by atoms with van der Waals surface area (Å²) in [5, 5.41) is 13.1. The molecule has 0 fully saturated rings. The standard InChI is InChI=1S/C18H22N4/c1-14-9-11-15(12-10-14)13-17-19-21-22(20-17)18(2,3)16-7-5-4-6-8-16/h4-9,11-12,14H,10,13H2,1-3H3. The lowest BCUT2D eigenvalue weighted by atomic mass is 9.95. The van der Waals surface area contributed by atoms with Gasteiger partial charge in [0.1, 0.15) is 5.54 Å². The van der Waals surface area contributed by atoms with E-state index in [0.29, 0.717) is 5.92 Å². The molecule has 0 radical (unpaired) electrons. The van der Waals surface area contributed by atoms with E-state index in [4.69, 9.17) is 0 Å². The van der Waals surface area contributed by atoms with Crippen LogP contribution in [0.5, 0.6) is 0 Å². The Hall–Kier alpha value is -2.23. The number of aromatic nitrogens is 4. The van der Waals surface area contributed by atoms with Gasteiger partial charge in [0.25, 0.3) is 0 Å². The lowest BCUT2D eigenvalue weighted by molar-refractivity contribution is 0.335. The van der Waals surface area contributed by atoms with Gasteiger partial charge in [-0.1, -0.05) is 55.5 Å². The third-order valence-corrected chi connectivity index (χ3v) is 4.19. The SMILES string of the molecule is CC1C=CC(Cc2nnn(C(C)(C)c3ccccc3)n2)=CC1. The van der Waals surface area contributed by atoms with Gasteiger partial charge in [-0.15, -0.1) is 10.2 Å². The quantitative estimate of drug-likeness (QED) is 0.866. The zero-order valence-electron chi connectivity index (χ0n) is 13.4. The van der Waals surface area contributed by atoms with Crippen LogP contribution in [0.4, 0.5) is 0 Å². The fourth-order valence-corrected chi connectivity index (χ4v) is 2.60. The number of nitrogens with zero attached hydrogens (tertiary/aromatic N) is 4. The zero-order chi connectivity index (χ0) is 15.6. The Kier molecular flexibility index (Phi) is 3.92. The van der Waals surface area contributed by atoms with Crippen molar-refractivity contribution in [3.05, 3.63) is 65.5 Å². The minimum atomic E-state index is -0.308. The lowest BCUT2D eigenvalue weighted by Gasteiger charge is -2.23. The highest BCUT2D eigenvalue weighted by atomic mass is 15.6. The van der Waals surface area contributed by atoms with Crippen LogP contribution < -0.4 is 0 Å². The van der Waals surface area contributed by atoms with E-state index >= 15 is 0 Å². The number of allylic oxidation sites excluding steroid dienone is 4. The molecule has 1 aliphatic rings. The monoisotopic (exact) mass is 294 g/mol. The summed E-state index contributed by atoms with van der Waals surface area (Å²) in [5.41, 5.74) is 2.14. The summed E-state index contributed by atoms with van der Waals surface area (Å²) in [4.78, 5) is 1.72. The second-order valence-electron chi connectivity index (χ2n) is 6.45. The van der Waals surface area contributed by atoms with E-state index in [0.717, 1.165) is 18.7 Å². The van der Waals surface area contributed by atoms with Crippen LogP contribution in [0.2, 0.25) is 0 Å². The van der Waals surface area contributed by atoms with Crippen molar-refractivity contribution in [2.45, 2.75) is 39.2 Å². The van der Waals surface area contributed by atoms with Gasteiger partial charge in [-0.05, 0) is 42.5 Å². The molecule has 1 atom stereocenters. The van der Waals surface area contributed by atoms with Gasteiger partial charge in [-0.2, -0.15) is 4.80 Å². The van der Waals surface area contributed by atoms with E-state index in [2.05, 4.69) is 66.5 Å². The molecule has 2 aromatic rings. The smallest absolute Gasteiger partial charge is 0.154 e. The highest BCUT2D eigenvalue weighted by molar-refractivity contribution is 5.26. The molecule has 4 nitrogen and oxygen atoms in total. The molecule has 4 heteroatoms. The number of tetrazole rings is 1. The second-order valence-corrected chi connectivity index (χ2v) is 6.45. The van der Waals surface area contributed by atoms with Crippen molar-refractivity contribution in [3.63, 3.8) is 0 Å². The van der Waals surface area contributed by atoms with Crippen LogP contribution in [0.1, 0.15) is 38.6 Å². The Morgan fingerprint density at radius 3 is 2.68 bits per heavy atom. The molecule has 0 aliphatic heterocycles. The maximum atomic E-state index is 4.59.